The molecule has 0 N–H and O–H groups in total. The molecule has 1 atom stereocenters. The lowest BCUT2D eigenvalue weighted by Gasteiger charge is -2.38. The van der Waals surface area contributed by atoms with E-state index in [1.165, 1.54) is 6.33 Å². The van der Waals surface area contributed by atoms with Gasteiger partial charge in [0.15, 0.2) is 0 Å². The molecule has 1 saturated heterocycles. The third-order valence-corrected chi connectivity index (χ3v) is 3.79. The van der Waals surface area contributed by atoms with Crippen molar-refractivity contribution in [2.45, 2.75) is 45.3 Å². The first-order valence-electron chi connectivity index (χ1n) is 7.87. The molecule has 1 fully saturated rings. The van der Waals surface area contributed by atoms with Crippen molar-refractivity contribution in [3.8, 4) is 5.88 Å². The summed E-state index contributed by atoms with van der Waals surface area (Å²) in [5.74, 6) is 1.31. The molecule has 1 aromatic rings. The quantitative estimate of drug-likeness (QED) is 0.851. The van der Waals surface area contributed by atoms with Crippen molar-refractivity contribution < 1.29 is 14.3 Å². The van der Waals surface area contributed by atoms with Gasteiger partial charge in [-0.1, -0.05) is 0 Å². The molecule has 7 heteroatoms. The van der Waals surface area contributed by atoms with Crippen molar-refractivity contribution in [2.24, 2.45) is 0 Å². The van der Waals surface area contributed by atoms with Gasteiger partial charge >= 0.3 is 6.09 Å². The van der Waals surface area contributed by atoms with E-state index in [1.807, 2.05) is 27.8 Å². The molecule has 7 nitrogen and oxygen atoms in total. The number of anilines is 1. The summed E-state index contributed by atoms with van der Waals surface area (Å²) in [4.78, 5) is 24.4. The van der Waals surface area contributed by atoms with Crippen LogP contribution in [0.3, 0.4) is 0 Å². The minimum Gasteiger partial charge on any atom is -0.481 e. The van der Waals surface area contributed by atoms with Crippen LogP contribution in [-0.2, 0) is 4.74 Å². The normalized spacial score (nSPS) is 18.5. The average molecular weight is 322 g/mol. The van der Waals surface area contributed by atoms with Crippen LogP contribution in [0.1, 0.15) is 33.6 Å². The molecule has 1 aliphatic rings. The van der Waals surface area contributed by atoms with E-state index in [-0.39, 0.29) is 12.1 Å². The largest absolute Gasteiger partial charge is 0.481 e. The molecule has 2 rings (SSSR count). The fourth-order valence-electron chi connectivity index (χ4n) is 2.58. The number of methoxy groups -OCH3 is 1. The number of piperidine rings is 1. The second kappa shape index (κ2) is 7.02. The topological polar surface area (TPSA) is 67.8 Å². The van der Waals surface area contributed by atoms with Gasteiger partial charge in [0.1, 0.15) is 17.7 Å². The first-order chi connectivity index (χ1) is 10.8. The zero-order chi connectivity index (χ0) is 17.0. The number of carbonyl (C=O) groups excluding carboxylic acids is 1. The minimum absolute atomic E-state index is 0.191. The Balaban J connectivity index is 2.03. The zero-order valence-electron chi connectivity index (χ0n) is 14.6. The standard InChI is InChI=1S/C16H26N4O3/c1-16(2,3)23-15(21)20-8-6-7-12(10-20)19(4)13-9-14(22-5)18-11-17-13/h9,11-12H,6-8,10H2,1-5H3/t12-/m1/s1. The number of carbonyl (C=O) groups is 1. The maximum atomic E-state index is 12.3. The number of hydrogen-bond donors (Lipinski definition) is 0. The molecule has 0 saturated carbocycles. The van der Waals surface area contributed by atoms with Gasteiger partial charge in [0, 0.05) is 32.2 Å². The van der Waals surface area contributed by atoms with Gasteiger partial charge in [-0.25, -0.2) is 14.8 Å². The number of hydrogen-bond acceptors (Lipinski definition) is 6. The number of nitrogens with zero attached hydrogens (tertiary/aromatic N) is 4. The van der Waals surface area contributed by atoms with Crippen LogP contribution >= 0.6 is 0 Å². The van der Waals surface area contributed by atoms with Crippen LogP contribution in [0.4, 0.5) is 10.6 Å². The van der Waals surface area contributed by atoms with Crippen LogP contribution in [0.2, 0.25) is 0 Å². The van der Waals surface area contributed by atoms with Crippen LogP contribution in [0.5, 0.6) is 5.88 Å². The first-order valence-corrected chi connectivity index (χ1v) is 7.87. The summed E-state index contributed by atoms with van der Waals surface area (Å²) in [5, 5.41) is 0. The highest BCUT2D eigenvalue weighted by molar-refractivity contribution is 5.68. The van der Waals surface area contributed by atoms with Crippen LogP contribution in [0.25, 0.3) is 0 Å². The predicted molar refractivity (Wildman–Crippen MR) is 87.8 cm³/mol. The lowest BCUT2D eigenvalue weighted by atomic mass is 10.0. The molecular weight excluding hydrogens is 296 g/mol. The number of likely N-dealkylation sites (tertiary alicyclic amines) is 1. The summed E-state index contributed by atoms with van der Waals surface area (Å²) < 4.78 is 10.6. The molecule has 1 amide bonds. The number of rotatable bonds is 3. The van der Waals surface area contributed by atoms with E-state index in [0.717, 1.165) is 25.2 Å². The van der Waals surface area contributed by atoms with Crippen LogP contribution in [-0.4, -0.2) is 59.9 Å². The predicted octanol–water partition coefficient (Wildman–Crippen LogP) is 2.32. The van der Waals surface area contributed by atoms with Crippen LogP contribution < -0.4 is 9.64 Å². The van der Waals surface area contributed by atoms with Crippen molar-refractivity contribution in [3.63, 3.8) is 0 Å². The second-order valence-electron chi connectivity index (χ2n) is 6.75. The Labute approximate surface area is 137 Å². The number of likely N-dealkylation sites (N-methyl/N-ethyl adjacent to an activating group) is 1. The minimum atomic E-state index is -0.476. The van der Waals surface area contributed by atoms with E-state index in [2.05, 4.69) is 14.9 Å². The summed E-state index contributed by atoms with van der Waals surface area (Å²) in [5.41, 5.74) is -0.476. The summed E-state index contributed by atoms with van der Waals surface area (Å²) in [7, 11) is 3.56. The number of ether oxygens (including phenoxy) is 2. The highest BCUT2D eigenvalue weighted by Gasteiger charge is 2.30. The maximum Gasteiger partial charge on any atom is 0.410 e. The van der Waals surface area contributed by atoms with Gasteiger partial charge in [-0.15, -0.1) is 0 Å². The fraction of sp³-hybridized carbons (Fsp3) is 0.688. The lowest BCUT2D eigenvalue weighted by Crippen LogP contribution is -2.50. The summed E-state index contributed by atoms with van der Waals surface area (Å²) in [6, 6.07) is 1.99. The van der Waals surface area contributed by atoms with Gasteiger partial charge in [0.25, 0.3) is 0 Å². The zero-order valence-corrected chi connectivity index (χ0v) is 14.6. The molecule has 2 heterocycles. The Bertz CT molecular complexity index is 544. The van der Waals surface area contributed by atoms with E-state index in [4.69, 9.17) is 9.47 Å². The Hall–Kier alpha value is -2.05. The highest BCUT2D eigenvalue weighted by Crippen LogP contribution is 2.23. The molecule has 0 aromatic carbocycles. The second-order valence-corrected chi connectivity index (χ2v) is 6.75. The molecule has 0 bridgehead atoms. The summed E-state index contributed by atoms with van der Waals surface area (Å²) >= 11 is 0. The SMILES string of the molecule is COc1cc(N(C)[C@@H]2CCCN(C(=O)OC(C)(C)C)C2)ncn1. The van der Waals surface area contributed by atoms with E-state index < -0.39 is 5.60 Å². The molecule has 128 valence electrons. The number of amides is 1. The molecule has 0 unspecified atom stereocenters. The lowest BCUT2D eigenvalue weighted by molar-refractivity contribution is 0.0199. The van der Waals surface area contributed by atoms with Gasteiger partial charge in [-0.3, -0.25) is 0 Å². The summed E-state index contributed by atoms with van der Waals surface area (Å²) in [6.45, 7) is 6.99. The monoisotopic (exact) mass is 322 g/mol. The average Bonchev–Trinajstić information content (AvgIpc) is 2.52. The molecule has 1 aromatic heterocycles. The van der Waals surface area contributed by atoms with Gasteiger partial charge in [0.05, 0.1) is 7.11 Å². The van der Waals surface area contributed by atoms with E-state index >= 15 is 0 Å². The maximum absolute atomic E-state index is 12.3. The molecule has 0 aliphatic carbocycles. The number of aromatic nitrogens is 2. The summed E-state index contributed by atoms with van der Waals surface area (Å²) in [6.07, 6.45) is 3.17. The molecule has 0 radical (unpaired) electrons. The Morgan fingerprint density at radius 3 is 2.78 bits per heavy atom. The van der Waals surface area contributed by atoms with Crippen molar-refractivity contribution in [1.82, 2.24) is 14.9 Å². The van der Waals surface area contributed by atoms with Crippen molar-refractivity contribution in [3.05, 3.63) is 12.4 Å². The Morgan fingerprint density at radius 2 is 2.13 bits per heavy atom. The molecule has 23 heavy (non-hydrogen) atoms. The van der Waals surface area contributed by atoms with Gasteiger partial charge in [-0.2, -0.15) is 0 Å². The van der Waals surface area contributed by atoms with E-state index in [1.54, 1.807) is 18.1 Å². The van der Waals surface area contributed by atoms with Crippen LogP contribution in [0, 0.1) is 0 Å². The van der Waals surface area contributed by atoms with Crippen LogP contribution in [0.15, 0.2) is 12.4 Å². The van der Waals surface area contributed by atoms with E-state index in [0.29, 0.717) is 12.4 Å². The fourth-order valence-corrected chi connectivity index (χ4v) is 2.58. The van der Waals surface area contributed by atoms with Gasteiger partial charge < -0.3 is 19.3 Å². The Kier molecular flexibility index (Phi) is 5.28. The molecule has 0 spiro atoms. The van der Waals surface area contributed by atoms with E-state index in [9.17, 15) is 4.79 Å². The Morgan fingerprint density at radius 1 is 1.39 bits per heavy atom. The molecular formula is C16H26N4O3. The van der Waals surface area contributed by atoms with Crippen molar-refractivity contribution in [2.75, 3.05) is 32.1 Å². The first kappa shape index (κ1) is 17.3. The van der Waals surface area contributed by atoms with Gasteiger partial charge in [0.2, 0.25) is 5.88 Å². The molecule has 1 aliphatic heterocycles. The third-order valence-electron chi connectivity index (χ3n) is 3.79. The van der Waals surface area contributed by atoms with Gasteiger partial charge in [-0.05, 0) is 33.6 Å². The highest BCUT2D eigenvalue weighted by atomic mass is 16.6. The smallest absolute Gasteiger partial charge is 0.410 e. The third kappa shape index (κ3) is 4.71. The van der Waals surface area contributed by atoms with Crippen molar-refractivity contribution in [1.29, 1.82) is 0 Å². The van der Waals surface area contributed by atoms with Crippen molar-refractivity contribution >= 4 is 11.9 Å².